The van der Waals surface area contributed by atoms with E-state index in [1.807, 2.05) is 0 Å². The monoisotopic (exact) mass is 264 g/mol. The van der Waals surface area contributed by atoms with Gasteiger partial charge in [-0.25, -0.2) is 9.59 Å². The maximum absolute atomic E-state index is 11.8. The van der Waals surface area contributed by atoms with Crippen LogP contribution in [0.1, 0.15) is 21.7 Å². The quantitative estimate of drug-likeness (QED) is 0.772. The Kier molecular flexibility index (Phi) is 3.55. The van der Waals surface area contributed by atoms with Gasteiger partial charge in [-0.3, -0.25) is 4.68 Å². The molecule has 7 nitrogen and oxygen atoms in total. The number of nitrogens with one attached hydrogen (secondary N) is 1. The molecule has 0 unspecified atom stereocenters. The van der Waals surface area contributed by atoms with Crippen LogP contribution in [-0.4, -0.2) is 44.9 Å². The van der Waals surface area contributed by atoms with E-state index in [0.717, 1.165) is 5.69 Å². The van der Waals surface area contributed by atoms with Crippen LogP contribution in [0.5, 0.6) is 0 Å². The van der Waals surface area contributed by atoms with Gasteiger partial charge in [-0.2, -0.15) is 5.10 Å². The summed E-state index contributed by atoms with van der Waals surface area (Å²) in [5, 5.41) is 15.8. The number of carbonyl (C=O) groups excluding carboxylic acids is 1. The van der Waals surface area contributed by atoms with Crippen molar-refractivity contribution in [1.29, 1.82) is 0 Å². The fourth-order valence-electron chi connectivity index (χ4n) is 2.21. The van der Waals surface area contributed by atoms with Crippen LogP contribution in [-0.2, 0) is 20.0 Å². The van der Waals surface area contributed by atoms with Crippen LogP contribution in [0.4, 0.5) is 4.79 Å². The lowest BCUT2D eigenvalue weighted by Gasteiger charge is -2.27. The molecule has 1 aromatic rings. The van der Waals surface area contributed by atoms with Crippen LogP contribution < -0.4 is 5.32 Å². The van der Waals surface area contributed by atoms with E-state index in [9.17, 15) is 9.59 Å². The topological polar surface area (TPSA) is 87.5 Å². The Morgan fingerprint density at radius 1 is 1.58 bits per heavy atom. The van der Waals surface area contributed by atoms with Crippen LogP contribution in [0.15, 0.2) is 12.7 Å². The molecule has 0 bridgehead atoms. The zero-order valence-electron chi connectivity index (χ0n) is 10.7. The molecule has 102 valence electrons. The number of aryl methyl sites for hydroxylation is 1. The summed E-state index contributed by atoms with van der Waals surface area (Å²) < 4.78 is 1.58. The van der Waals surface area contributed by atoms with Gasteiger partial charge in [0, 0.05) is 37.8 Å². The predicted molar refractivity (Wildman–Crippen MR) is 67.9 cm³/mol. The number of fused-ring (bicyclic) bond motifs is 1. The number of nitrogens with zero attached hydrogens (tertiary/aromatic N) is 3. The van der Waals surface area contributed by atoms with Crippen molar-refractivity contribution in [3.05, 3.63) is 29.6 Å². The SMILES string of the molecule is C=CCNC(=O)N1CCc2c(c(C(=O)O)nn2C)C1. The molecule has 1 aromatic heterocycles. The van der Waals surface area contributed by atoms with E-state index >= 15 is 0 Å². The molecule has 0 aromatic carbocycles. The van der Waals surface area contributed by atoms with Gasteiger partial charge in [-0.05, 0) is 0 Å². The molecular formula is C12H16N4O3. The lowest BCUT2D eigenvalue weighted by atomic mass is 10.1. The number of aromatic nitrogens is 2. The van der Waals surface area contributed by atoms with Gasteiger partial charge in [0.05, 0.1) is 6.54 Å². The summed E-state index contributed by atoms with van der Waals surface area (Å²) in [6.07, 6.45) is 2.20. The number of aromatic carboxylic acids is 1. The minimum Gasteiger partial charge on any atom is -0.476 e. The van der Waals surface area contributed by atoms with Crippen molar-refractivity contribution >= 4 is 12.0 Å². The van der Waals surface area contributed by atoms with Crippen LogP contribution in [0, 0.1) is 0 Å². The summed E-state index contributed by atoms with van der Waals surface area (Å²) in [5.74, 6) is -1.06. The smallest absolute Gasteiger partial charge is 0.356 e. The van der Waals surface area contributed by atoms with Gasteiger partial charge in [0.25, 0.3) is 0 Å². The lowest BCUT2D eigenvalue weighted by molar-refractivity contribution is 0.0687. The van der Waals surface area contributed by atoms with Gasteiger partial charge in [0.15, 0.2) is 5.69 Å². The molecule has 1 aliphatic heterocycles. The van der Waals surface area contributed by atoms with E-state index in [1.54, 1.807) is 22.7 Å². The maximum Gasteiger partial charge on any atom is 0.356 e. The number of urea groups is 1. The number of carboxylic acids is 1. The summed E-state index contributed by atoms with van der Waals surface area (Å²) in [6, 6.07) is -0.217. The maximum atomic E-state index is 11.8. The minimum atomic E-state index is -1.06. The molecule has 7 heteroatoms. The second-order valence-electron chi connectivity index (χ2n) is 4.35. The third kappa shape index (κ3) is 2.44. The Morgan fingerprint density at radius 3 is 2.95 bits per heavy atom. The molecule has 2 rings (SSSR count). The molecule has 0 aliphatic carbocycles. The fraction of sp³-hybridized carbons (Fsp3) is 0.417. The largest absolute Gasteiger partial charge is 0.476 e. The highest BCUT2D eigenvalue weighted by molar-refractivity contribution is 5.87. The standard InChI is InChI=1S/C12H16N4O3/c1-3-5-13-12(19)16-6-4-9-8(7-16)10(11(17)18)14-15(9)2/h3H,1,4-7H2,2H3,(H,13,19)(H,17,18). The third-order valence-corrected chi connectivity index (χ3v) is 3.13. The Bertz CT molecular complexity index is 535. The van der Waals surface area contributed by atoms with E-state index in [1.165, 1.54) is 0 Å². The average Bonchev–Trinajstić information content (AvgIpc) is 2.73. The van der Waals surface area contributed by atoms with Crippen LogP contribution in [0.2, 0.25) is 0 Å². The summed E-state index contributed by atoms with van der Waals surface area (Å²) in [5.41, 5.74) is 1.53. The van der Waals surface area contributed by atoms with Gasteiger partial charge < -0.3 is 15.3 Å². The van der Waals surface area contributed by atoms with Crippen molar-refractivity contribution in [3.63, 3.8) is 0 Å². The Morgan fingerprint density at radius 2 is 2.32 bits per heavy atom. The second-order valence-corrected chi connectivity index (χ2v) is 4.35. The second kappa shape index (κ2) is 5.13. The first-order valence-corrected chi connectivity index (χ1v) is 5.96. The summed E-state index contributed by atoms with van der Waals surface area (Å²) in [4.78, 5) is 24.6. The molecule has 0 atom stereocenters. The first-order chi connectivity index (χ1) is 9.04. The van der Waals surface area contributed by atoms with Crippen LogP contribution in [0.25, 0.3) is 0 Å². The molecule has 2 N–H and O–H groups in total. The third-order valence-electron chi connectivity index (χ3n) is 3.13. The van der Waals surface area contributed by atoms with E-state index in [-0.39, 0.29) is 18.3 Å². The molecule has 1 aliphatic rings. The van der Waals surface area contributed by atoms with Crippen LogP contribution >= 0.6 is 0 Å². The molecule has 19 heavy (non-hydrogen) atoms. The molecular weight excluding hydrogens is 248 g/mol. The Hall–Kier alpha value is -2.31. The summed E-state index contributed by atoms with van der Waals surface area (Å²) in [6.45, 7) is 4.74. The van der Waals surface area contributed by atoms with E-state index in [4.69, 9.17) is 5.11 Å². The van der Waals surface area contributed by atoms with Crippen molar-refractivity contribution in [3.8, 4) is 0 Å². The predicted octanol–water partition coefficient (Wildman–Crippen LogP) is 0.372. The molecule has 2 amide bonds. The Balaban J connectivity index is 2.20. The number of hydrogen-bond acceptors (Lipinski definition) is 3. The lowest BCUT2D eigenvalue weighted by Crippen LogP contribution is -2.43. The van der Waals surface area contributed by atoms with Crippen molar-refractivity contribution in [2.24, 2.45) is 7.05 Å². The molecule has 0 saturated heterocycles. The molecule has 2 heterocycles. The van der Waals surface area contributed by atoms with Crippen molar-refractivity contribution in [2.75, 3.05) is 13.1 Å². The molecule has 0 radical (unpaired) electrons. The molecule has 0 fully saturated rings. The zero-order chi connectivity index (χ0) is 14.0. The van der Waals surface area contributed by atoms with Crippen LogP contribution in [0.3, 0.4) is 0 Å². The minimum absolute atomic E-state index is 0.0266. The van der Waals surface area contributed by atoms with Gasteiger partial charge in [-0.1, -0.05) is 6.08 Å². The summed E-state index contributed by atoms with van der Waals surface area (Å²) >= 11 is 0. The normalized spacial score (nSPS) is 13.8. The first kappa shape index (κ1) is 13.1. The van der Waals surface area contributed by atoms with Crippen molar-refractivity contribution in [1.82, 2.24) is 20.0 Å². The zero-order valence-corrected chi connectivity index (χ0v) is 10.7. The Labute approximate surface area is 110 Å². The van der Waals surface area contributed by atoms with Gasteiger partial charge in [0.2, 0.25) is 0 Å². The number of carbonyl (C=O) groups is 2. The number of hydrogen-bond donors (Lipinski definition) is 2. The number of amides is 2. The molecule has 0 saturated carbocycles. The van der Waals surface area contributed by atoms with Gasteiger partial charge >= 0.3 is 12.0 Å². The number of carboxylic acid groups (broad SMARTS) is 1. The molecule has 0 spiro atoms. The highest BCUT2D eigenvalue weighted by atomic mass is 16.4. The van der Waals surface area contributed by atoms with Gasteiger partial charge in [-0.15, -0.1) is 6.58 Å². The highest BCUT2D eigenvalue weighted by Crippen LogP contribution is 2.22. The number of rotatable bonds is 3. The fourth-order valence-corrected chi connectivity index (χ4v) is 2.21. The van der Waals surface area contributed by atoms with Crippen molar-refractivity contribution in [2.45, 2.75) is 13.0 Å². The van der Waals surface area contributed by atoms with E-state index < -0.39 is 5.97 Å². The van der Waals surface area contributed by atoms with Gasteiger partial charge in [0.1, 0.15) is 0 Å². The van der Waals surface area contributed by atoms with Crippen molar-refractivity contribution < 1.29 is 14.7 Å². The average molecular weight is 264 g/mol. The summed E-state index contributed by atoms with van der Waals surface area (Å²) in [7, 11) is 1.72. The van der Waals surface area contributed by atoms with E-state index in [2.05, 4.69) is 17.0 Å². The first-order valence-electron chi connectivity index (χ1n) is 5.96. The highest BCUT2D eigenvalue weighted by Gasteiger charge is 2.28. The van der Waals surface area contributed by atoms with E-state index in [0.29, 0.717) is 25.1 Å².